The summed E-state index contributed by atoms with van der Waals surface area (Å²) < 4.78 is 0. The molecule has 0 aliphatic rings. The minimum absolute atomic E-state index is 0.374. The molecule has 0 rings (SSSR count). The predicted octanol–water partition coefficient (Wildman–Crippen LogP) is 9.26. The molecule has 0 spiro atoms. The summed E-state index contributed by atoms with van der Waals surface area (Å²) in [5.41, 5.74) is 0. The van der Waals surface area contributed by atoms with Crippen molar-refractivity contribution in [1.29, 1.82) is 0 Å². The van der Waals surface area contributed by atoms with E-state index in [0.29, 0.717) is 22.5 Å². The lowest BCUT2D eigenvalue weighted by Crippen LogP contribution is -1.97. The highest BCUT2D eigenvalue weighted by Crippen LogP contribution is 2.87. The molecule has 0 atom stereocenters. The minimum atomic E-state index is 0.374. The van der Waals surface area contributed by atoms with Crippen LogP contribution in [-0.4, -0.2) is 30.8 Å². The SMILES string of the molecule is CCCCP(CCCC)P(CCCC)P(CCCC)CCCC. The van der Waals surface area contributed by atoms with Gasteiger partial charge in [0.1, 0.15) is 0 Å². The Balaban J connectivity index is 4.97. The van der Waals surface area contributed by atoms with Crippen LogP contribution in [0.25, 0.3) is 0 Å². The molecule has 0 aromatic carbocycles. The van der Waals surface area contributed by atoms with E-state index in [1.165, 1.54) is 64.2 Å². The molecule has 140 valence electrons. The van der Waals surface area contributed by atoms with Crippen LogP contribution >= 0.6 is 22.5 Å². The van der Waals surface area contributed by atoms with Crippen molar-refractivity contribution in [3.8, 4) is 0 Å². The predicted molar refractivity (Wildman–Crippen MR) is 120 cm³/mol. The Morgan fingerprint density at radius 1 is 0.391 bits per heavy atom. The Kier molecular flexibility index (Phi) is 19.1. The highest BCUT2D eigenvalue weighted by Gasteiger charge is 2.26. The van der Waals surface area contributed by atoms with Crippen LogP contribution in [0.4, 0.5) is 0 Å². The Hall–Kier alpha value is 1.29. The van der Waals surface area contributed by atoms with Gasteiger partial charge in [0.2, 0.25) is 0 Å². The van der Waals surface area contributed by atoms with Gasteiger partial charge in [-0.1, -0.05) is 89.2 Å². The maximum absolute atomic E-state index is 2.40. The standard InChI is InChI=1S/C20H45P3/c1-6-11-16-21(17-12-7-2)23(20-15-10-5)22(18-13-8-3)19-14-9-4/h6-20H2,1-5H3. The molecule has 23 heavy (non-hydrogen) atoms. The van der Waals surface area contributed by atoms with Crippen LogP contribution in [0.15, 0.2) is 0 Å². The molecule has 0 aromatic heterocycles. The zero-order valence-corrected chi connectivity index (χ0v) is 19.6. The van der Waals surface area contributed by atoms with E-state index < -0.39 is 0 Å². The molecule has 0 amide bonds. The first-order chi connectivity index (χ1) is 11.2. The summed E-state index contributed by atoms with van der Waals surface area (Å²) in [6.07, 6.45) is 22.6. The smallest absolute Gasteiger partial charge is 0.0248 e. The quantitative estimate of drug-likeness (QED) is 0.221. The van der Waals surface area contributed by atoms with Gasteiger partial charge >= 0.3 is 0 Å². The van der Waals surface area contributed by atoms with E-state index in [1.807, 2.05) is 0 Å². The van der Waals surface area contributed by atoms with E-state index in [2.05, 4.69) is 34.6 Å². The summed E-state index contributed by atoms with van der Waals surface area (Å²) in [5.74, 6) is 0. The highest BCUT2D eigenvalue weighted by atomic mass is 32.5. The molecule has 0 nitrogen and oxygen atoms in total. The van der Waals surface area contributed by atoms with Gasteiger partial charge in [-0.25, -0.2) is 0 Å². The largest absolute Gasteiger partial charge is 0.0765 e. The molecule has 0 aliphatic heterocycles. The molecular formula is C20H45P3. The second-order valence-corrected chi connectivity index (χ2v) is 19.0. The van der Waals surface area contributed by atoms with E-state index >= 15 is 0 Å². The molecule has 0 bridgehead atoms. The average Bonchev–Trinajstić information content (AvgIpc) is 2.57. The molecule has 0 aromatic rings. The van der Waals surface area contributed by atoms with Gasteiger partial charge in [0.25, 0.3) is 0 Å². The summed E-state index contributed by atoms with van der Waals surface area (Å²) >= 11 is 0. The maximum atomic E-state index is 2.40. The molecule has 0 heterocycles. The molecular weight excluding hydrogens is 333 g/mol. The third kappa shape index (κ3) is 12.3. The van der Waals surface area contributed by atoms with Crippen LogP contribution in [0.2, 0.25) is 0 Å². The molecule has 0 aliphatic carbocycles. The van der Waals surface area contributed by atoms with Gasteiger partial charge in [-0.15, -0.1) is 0 Å². The first-order valence-corrected chi connectivity index (χ1v) is 16.9. The van der Waals surface area contributed by atoms with Gasteiger partial charge in [0, 0.05) is 0 Å². The van der Waals surface area contributed by atoms with Gasteiger partial charge in [-0.05, 0) is 62.9 Å². The Morgan fingerprint density at radius 2 is 0.652 bits per heavy atom. The Labute approximate surface area is 152 Å². The van der Waals surface area contributed by atoms with Crippen molar-refractivity contribution in [2.75, 3.05) is 30.8 Å². The van der Waals surface area contributed by atoms with Crippen LogP contribution in [0.1, 0.15) is 98.8 Å². The molecule has 3 heteroatoms. The summed E-state index contributed by atoms with van der Waals surface area (Å²) in [4.78, 5) is 0. The van der Waals surface area contributed by atoms with Crippen molar-refractivity contribution in [1.82, 2.24) is 0 Å². The monoisotopic (exact) mass is 378 g/mol. The fraction of sp³-hybridized carbons (Fsp3) is 1.00. The van der Waals surface area contributed by atoms with Gasteiger partial charge in [0.05, 0.1) is 0 Å². The van der Waals surface area contributed by atoms with Crippen molar-refractivity contribution < 1.29 is 0 Å². The minimum Gasteiger partial charge on any atom is -0.0765 e. The van der Waals surface area contributed by atoms with E-state index in [1.54, 1.807) is 30.8 Å². The Morgan fingerprint density at radius 3 is 0.913 bits per heavy atom. The fourth-order valence-corrected chi connectivity index (χ4v) is 23.0. The molecule has 0 saturated heterocycles. The van der Waals surface area contributed by atoms with Crippen molar-refractivity contribution in [2.45, 2.75) is 98.8 Å². The van der Waals surface area contributed by atoms with Crippen molar-refractivity contribution in [3.63, 3.8) is 0 Å². The summed E-state index contributed by atoms with van der Waals surface area (Å²) in [5, 5.41) is 0. The van der Waals surface area contributed by atoms with Gasteiger partial charge in [0.15, 0.2) is 0 Å². The molecule has 0 fully saturated rings. The topological polar surface area (TPSA) is 0 Å². The second-order valence-electron chi connectivity index (χ2n) is 6.77. The number of unbranched alkanes of at least 4 members (excludes halogenated alkanes) is 5. The van der Waals surface area contributed by atoms with Crippen LogP contribution in [-0.2, 0) is 0 Å². The van der Waals surface area contributed by atoms with Crippen molar-refractivity contribution >= 4 is 22.5 Å². The zero-order valence-electron chi connectivity index (χ0n) is 16.9. The first-order valence-electron chi connectivity index (χ1n) is 10.5. The highest BCUT2D eigenvalue weighted by molar-refractivity contribution is 8.60. The molecule has 0 saturated carbocycles. The van der Waals surface area contributed by atoms with E-state index in [9.17, 15) is 0 Å². The maximum Gasteiger partial charge on any atom is -0.0248 e. The van der Waals surface area contributed by atoms with E-state index in [0.717, 1.165) is 0 Å². The van der Waals surface area contributed by atoms with E-state index in [4.69, 9.17) is 0 Å². The number of hydrogen-bond donors (Lipinski definition) is 0. The summed E-state index contributed by atoms with van der Waals surface area (Å²) in [6, 6.07) is 0. The van der Waals surface area contributed by atoms with Crippen LogP contribution in [0.5, 0.6) is 0 Å². The number of hydrogen-bond acceptors (Lipinski definition) is 0. The van der Waals surface area contributed by atoms with E-state index in [-0.39, 0.29) is 0 Å². The molecule has 0 radical (unpaired) electrons. The lowest BCUT2D eigenvalue weighted by Gasteiger charge is -2.36. The third-order valence-electron chi connectivity index (χ3n) is 4.44. The van der Waals surface area contributed by atoms with Crippen LogP contribution in [0, 0.1) is 0 Å². The molecule has 0 unspecified atom stereocenters. The molecule has 0 N–H and O–H groups in total. The lowest BCUT2D eigenvalue weighted by molar-refractivity contribution is 0.868. The fourth-order valence-electron chi connectivity index (χ4n) is 2.81. The number of rotatable bonds is 17. The zero-order chi connectivity index (χ0) is 17.3. The first kappa shape index (κ1) is 24.3. The second kappa shape index (κ2) is 18.1. The van der Waals surface area contributed by atoms with Crippen LogP contribution < -0.4 is 0 Å². The lowest BCUT2D eigenvalue weighted by atomic mass is 10.4. The normalized spacial score (nSPS) is 12.0. The van der Waals surface area contributed by atoms with Gasteiger partial charge < -0.3 is 0 Å². The van der Waals surface area contributed by atoms with Crippen molar-refractivity contribution in [3.05, 3.63) is 0 Å². The summed E-state index contributed by atoms with van der Waals surface area (Å²) in [7, 11) is 1.14. The Bertz CT molecular complexity index is 197. The van der Waals surface area contributed by atoms with Gasteiger partial charge in [-0.2, -0.15) is 0 Å². The van der Waals surface area contributed by atoms with Crippen LogP contribution in [0.3, 0.4) is 0 Å². The average molecular weight is 379 g/mol. The van der Waals surface area contributed by atoms with Crippen molar-refractivity contribution in [2.24, 2.45) is 0 Å². The summed E-state index contributed by atoms with van der Waals surface area (Å²) in [6.45, 7) is 11.9. The third-order valence-corrected chi connectivity index (χ3v) is 21.9. The van der Waals surface area contributed by atoms with Gasteiger partial charge in [-0.3, -0.25) is 0 Å².